The lowest BCUT2D eigenvalue weighted by Crippen LogP contribution is -2.26. The van der Waals surface area contributed by atoms with Gasteiger partial charge in [0, 0.05) is 6.07 Å². The number of hydrogen-bond donors (Lipinski definition) is 1. The molecule has 3 rings (SSSR count). The predicted octanol–water partition coefficient (Wildman–Crippen LogP) is 3.81. The topological polar surface area (TPSA) is 55.8 Å². The second-order valence-corrected chi connectivity index (χ2v) is 6.47. The summed E-state index contributed by atoms with van der Waals surface area (Å²) < 4.78 is 11.4. The Morgan fingerprint density at radius 3 is 2.82 bits per heavy atom. The molecule has 4 nitrogen and oxygen atoms in total. The minimum Gasteiger partial charge on any atom is -0.490 e. The summed E-state index contributed by atoms with van der Waals surface area (Å²) in [6.07, 6.45) is 10.4. The van der Waals surface area contributed by atoms with Crippen LogP contribution in [0.3, 0.4) is 0 Å². The van der Waals surface area contributed by atoms with Gasteiger partial charge in [-0.2, -0.15) is 0 Å². The largest absolute Gasteiger partial charge is 0.490 e. The van der Waals surface area contributed by atoms with Gasteiger partial charge in [0.05, 0.1) is 6.10 Å². The first-order chi connectivity index (χ1) is 10.7. The molecule has 1 aromatic rings. The number of hydrogen-bond acceptors (Lipinski definition) is 3. The van der Waals surface area contributed by atoms with Gasteiger partial charge in [-0.05, 0) is 36.8 Å². The Morgan fingerprint density at radius 1 is 1.23 bits per heavy atom. The van der Waals surface area contributed by atoms with E-state index in [2.05, 4.69) is 0 Å². The highest BCUT2D eigenvalue weighted by Gasteiger charge is 2.24. The van der Waals surface area contributed by atoms with E-state index in [1.54, 1.807) is 0 Å². The average molecular weight is 304 g/mol. The van der Waals surface area contributed by atoms with E-state index in [0.29, 0.717) is 11.9 Å². The van der Waals surface area contributed by atoms with Crippen LogP contribution in [0.1, 0.15) is 50.5 Å². The van der Waals surface area contributed by atoms with Crippen LogP contribution >= 0.6 is 0 Å². The molecule has 0 radical (unpaired) electrons. The molecule has 0 saturated heterocycles. The molecule has 1 unspecified atom stereocenters. The first-order valence-electron chi connectivity index (χ1n) is 8.35. The Bertz CT molecular complexity index is 520. The minimum absolute atomic E-state index is 0.297. The SMILES string of the molecule is O=C(O)COc1ccc2c(c1)OC(CC1CCCCC1)CC2. The van der Waals surface area contributed by atoms with Crippen LogP contribution in [0.15, 0.2) is 18.2 Å². The van der Waals surface area contributed by atoms with Gasteiger partial charge < -0.3 is 14.6 Å². The van der Waals surface area contributed by atoms with Crippen molar-refractivity contribution in [1.29, 1.82) is 0 Å². The maximum absolute atomic E-state index is 10.6. The van der Waals surface area contributed by atoms with E-state index in [0.717, 1.165) is 30.9 Å². The van der Waals surface area contributed by atoms with Crippen LogP contribution < -0.4 is 9.47 Å². The van der Waals surface area contributed by atoms with Gasteiger partial charge in [0.25, 0.3) is 0 Å². The van der Waals surface area contributed by atoms with Crippen LogP contribution in [0.25, 0.3) is 0 Å². The molecule has 22 heavy (non-hydrogen) atoms. The van der Waals surface area contributed by atoms with Crippen LogP contribution in [0.2, 0.25) is 0 Å². The molecule has 2 aliphatic rings. The van der Waals surface area contributed by atoms with Gasteiger partial charge in [-0.15, -0.1) is 0 Å². The maximum atomic E-state index is 10.6. The van der Waals surface area contributed by atoms with Crippen molar-refractivity contribution in [3.63, 3.8) is 0 Å². The number of aliphatic carboxylic acids is 1. The maximum Gasteiger partial charge on any atom is 0.341 e. The lowest BCUT2D eigenvalue weighted by molar-refractivity contribution is -0.139. The highest BCUT2D eigenvalue weighted by atomic mass is 16.5. The van der Waals surface area contributed by atoms with E-state index in [1.165, 1.54) is 37.7 Å². The molecule has 1 heterocycles. The van der Waals surface area contributed by atoms with Gasteiger partial charge in [0.15, 0.2) is 6.61 Å². The molecular formula is C18H24O4. The van der Waals surface area contributed by atoms with E-state index >= 15 is 0 Å². The Kier molecular flexibility index (Phi) is 4.86. The van der Waals surface area contributed by atoms with Gasteiger partial charge >= 0.3 is 5.97 Å². The van der Waals surface area contributed by atoms with Crippen molar-refractivity contribution in [2.45, 2.75) is 57.5 Å². The second-order valence-electron chi connectivity index (χ2n) is 6.47. The molecular weight excluding hydrogens is 280 g/mol. The number of ether oxygens (including phenoxy) is 2. The van der Waals surface area contributed by atoms with Crippen molar-refractivity contribution in [2.24, 2.45) is 5.92 Å². The molecule has 1 aliphatic carbocycles. The van der Waals surface area contributed by atoms with Gasteiger partial charge in [-0.25, -0.2) is 4.79 Å². The van der Waals surface area contributed by atoms with E-state index < -0.39 is 5.97 Å². The Morgan fingerprint density at radius 2 is 2.05 bits per heavy atom. The van der Waals surface area contributed by atoms with Crippen molar-refractivity contribution in [1.82, 2.24) is 0 Å². The first kappa shape index (κ1) is 15.2. The Balaban J connectivity index is 1.60. The summed E-state index contributed by atoms with van der Waals surface area (Å²) in [5, 5.41) is 8.68. The molecule has 1 atom stereocenters. The summed E-state index contributed by atoms with van der Waals surface area (Å²) in [6, 6.07) is 5.65. The normalized spacial score (nSPS) is 21.7. The molecule has 0 aromatic heterocycles. The smallest absolute Gasteiger partial charge is 0.341 e. The van der Waals surface area contributed by atoms with Crippen LogP contribution in [0.5, 0.6) is 11.5 Å². The number of carboxylic acid groups (broad SMARTS) is 1. The van der Waals surface area contributed by atoms with Crippen molar-refractivity contribution in [3.8, 4) is 11.5 Å². The van der Waals surface area contributed by atoms with Crippen LogP contribution in [0.4, 0.5) is 0 Å². The lowest BCUT2D eigenvalue weighted by atomic mass is 9.84. The summed E-state index contributed by atoms with van der Waals surface area (Å²) in [7, 11) is 0. The van der Waals surface area contributed by atoms with E-state index in [9.17, 15) is 4.79 Å². The Hall–Kier alpha value is -1.71. The van der Waals surface area contributed by atoms with Crippen LogP contribution in [-0.4, -0.2) is 23.8 Å². The van der Waals surface area contributed by atoms with Gasteiger partial charge in [0.2, 0.25) is 0 Å². The zero-order valence-electron chi connectivity index (χ0n) is 12.9. The Labute approximate surface area is 131 Å². The average Bonchev–Trinajstić information content (AvgIpc) is 2.53. The molecule has 1 saturated carbocycles. The number of fused-ring (bicyclic) bond motifs is 1. The quantitative estimate of drug-likeness (QED) is 0.898. The third-order valence-corrected chi connectivity index (χ3v) is 4.75. The minimum atomic E-state index is -0.964. The zero-order valence-corrected chi connectivity index (χ0v) is 12.9. The number of benzene rings is 1. The molecule has 1 fully saturated rings. The second kappa shape index (κ2) is 7.03. The summed E-state index contributed by atoms with van der Waals surface area (Å²) in [6.45, 7) is -0.315. The van der Waals surface area contributed by atoms with Gasteiger partial charge in [0.1, 0.15) is 11.5 Å². The fraction of sp³-hybridized carbons (Fsp3) is 0.611. The van der Waals surface area contributed by atoms with Crippen LogP contribution in [0, 0.1) is 5.92 Å². The van der Waals surface area contributed by atoms with Crippen molar-refractivity contribution in [2.75, 3.05) is 6.61 Å². The number of carboxylic acids is 1. The number of aryl methyl sites for hydroxylation is 1. The monoisotopic (exact) mass is 304 g/mol. The highest BCUT2D eigenvalue weighted by Crippen LogP contribution is 2.35. The third-order valence-electron chi connectivity index (χ3n) is 4.75. The van der Waals surface area contributed by atoms with Crippen molar-refractivity contribution < 1.29 is 19.4 Å². The first-order valence-corrected chi connectivity index (χ1v) is 8.35. The van der Waals surface area contributed by atoms with Crippen LogP contribution in [-0.2, 0) is 11.2 Å². The zero-order chi connectivity index (χ0) is 15.4. The molecule has 1 aromatic carbocycles. The fourth-order valence-electron chi connectivity index (χ4n) is 3.60. The lowest BCUT2D eigenvalue weighted by Gasteiger charge is -2.31. The molecule has 0 bridgehead atoms. The van der Waals surface area contributed by atoms with E-state index in [1.807, 2.05) is 18.2 Å². The van der Waals surface area contributed by atoms with Crippen molar-refractivity contribution in [3.05, 3.63) is 23.8 Å². The van der Waals surface area contributed by atoms with Gasteiger partial charge in [-0.1, -0.05) is 38.2 Å². The van der Waals surface area contributed by atoms with Gasteiger partial charge in [-0.3, -0.25) is 0 Å². The van der Waals surface area contributed by atoms with Crippen molar-refractivity contribution >= 4 is 5.97 Å². The summed E-state index contributed by atoms with van der Waals surface area (Å²) in [5.74, 6) is 1.29. The number of rotatable bonds is 5. The van der Waals surface area contributed by atoms with E-state index in [4.69, 9.17) is 14.6 Å². The predicted molar refractivity (Wildman–Crippen MR) is 83.5 cm³/mol. The summed E-state index contributed by atoms with van der Waals surface area (Å²) in [4.78, 5) is 10.6. The molecule has 1 aliphatic heterocycles. The molecule has 4 heteroatoms. The standard InChI is InChI=1S/C18H24O4/c19-18(20)12-21-15-8-6-14-7-9-16(22-17(14)11-15)10-13-4-2-1-3-5-13/h6,8,11,13,16H,1-5,7,9-10,12H2,(H,19,20). The molecule has 0 amide bonds. The molecule has 1 N–H and O–H groups in total. The third kappa shape index (κ3) is 3.93. The fourth-order valence-corrected chi connectivity index (χ4v) is 3.60. The molecule has 0 spiro atoms. The van der Waals surface area contributed by atoms with E-state index in [-0.39, 0.29) is 6.61 Å². The highest BCUT2D eigenvalue weighted by molar-refractivity contribution is 5.68. The number of carbonyl (C=O) groups is 1. The summed E-state index contributed by atoms with van der Waals surface area (Å²) in [5.41, 5.74) is 1.20. The molecule has 120 valence electrons. The summed E-state index contributed by atoms with van der Waals surface area (Å²) >= 11 is 0.